The molecule has 2 N–H and O–H groups in total. The lowest BCUT2D eigenvalue weighted by molar-refractivity contribution is 0.0450. The van der Waals surface area contributed by atoms with Gasteiger partial charge in [-0.3, -0.25) is 9.59 Å². The zero-order chi connectivity index (χ0) is 15.6. The average molecular weight is 288 g/mol. The van der Waals surface area contributed by atoms with Crippen LogP contribution in [0.1, 0.15) is 60.7 Å². The molecule has 2 rings (SSSR count). The number of hydrogen-bond acceptors (Lipinski definition) is 2. The van der Waals surface area contributed by atoms with E-state index in [1.165, 1.54) is 0 Å². The lowest BCUT2D eigenvalue weighted by Gasteiger charge is -2.41. The second kappa shape index (κ2) is 5.88. The van der Waals surface area contributed by atoms with Crippen LogP contribution in [0.25, 0.3) is 0 Å². The van der Waals surface area contributed by atoms with Crippen molar-refractivity contribution in [1.82, 2.24) is 4.90 Å². The van der Waals surface area contributed by atoms with Gasteiger partial charge in [0, 0.05) is 12.1 Å². The van der Waals surface area contributed by atoms with Crippen LogP contribution < -0.4 is 5.73 Å². The van der Waals surface area contributed by atoms with Crippen LogP contribution in [0.15, 0.2) is 24.3 Å². The van der Waals surface area contributed by atoms with Crippen LogP contribution in [0, 0.1) is 5.92 Å². The van der Waals surface area contributed by atoms with Crippen molar-refractivity contribution in [2.75, 3.05) is 6.54 Å². The molecule has 0 saturated carbocycles. The molecule has 0 aliphatic carbocycles. The van der Waals surface area contributed by atoms with E-state index in [0.29, 0.717) is 17.0 Å². The van der Waals surface area contributed by atoms with E-state index in [1.54, 1.807) is 24.3 Å². The first-order chi connectivity index (χ1) is 9.85. The van der Waals surface area contributed by atoms with Crippen LogP contribution >= 0.6 is 0 Å². The highest BCUT2D eigenvalue weighted by Gasteiger charge is 2.38. The Morgan fingerprint density at radius 3 is 2.43 bits per heavy atom. The first-order valence-electron chi connectivity index (χ1n) is 7.56. The molecule has 1 aliphatic heterocycles. The number of hydrogen-bond donors (Lipinski definition) is 1. The Morgan fingerprint density at radius 2 is 1.81 bits per heavy atom. The summed E-state index contributed by atoms with van der Waals surface area (Å²) in [4.78, 5) is 26.4. The summed E-state index contributed by atoms with van der Waals surface area (Å²) >= 11 is 0. The maximum absolute atomic E-state index is 13.0. The fraction of sp³-hybridized carbons (Fsp3) is 0.529. The quantitative estimate of drug-likeness (QED) is 0.909. The first kappa shape index (κ1) is 15.5. The largest absolute Gasteiger partial charge is 0.366 e. The molecule has 114 valence electrons. The molecule has 1 fully saturated rings. The molecule has 0 radical (unpaired) electrons. The number of primary amides is 1. The highest BCUT2D eigenvalue weighted by molar-refractivity contribution is 6.06. The second-order valence-corrected chi connectivity index (χ2v) is 6.42. The third kappa shape index (κ3) is 2.94. The number of nitrogens with two attached hydrogens (primary N) is 1. The molecule has 2 amide bonds. The lowest BCUT2D eigenvalue weighted by atomic mass is 9.85. The predicted octanol–water partition coefficient (Wildman–Crippen LogP) is 2.83. The standard InChI is InChI=1S/C17H24N2O2/c1-12-8-6-7-11-19(17(12,2)3)16(21)14-10-5-4-9-13(14)15(18)20/h4-5,9-10,12H,6-8,11H2,1-3H3,(H2,18,20). The van der Waals surface area contributed by atoms with Gasteiger partial charge in [-0.2, -0.15) is 0 Å². The molecule has 0 bridgehead atoms. The summed E-state index contributed by atoms with van der Waals surface area (Å²) in [5, 5.41) is 0. The molecule has 4 nitrogen and oxygen atoms in total. The summed E-state index contributed by atoms with van der Waals surface area (Å²) in [6.07, 6.45) is 3.25. The minimum atomic E-state index is -0.556. The van der Waals surface area contributed by atoms with Crippen molar-refractivity contribution in [2.45, 2.75) is 45.6 Å². The van der Waals surface area contributed by atoms with Crippen molar-refractivity contribution in [1.29, 1.82) is 0 Å². The molecule has 21 heavy (non-hydrogen) atoms. The van der Waals surface area contributed by atoms with Crippen molar-refractivity contribution >= 4 is 11.8 Å². The molecule has 1 aromatic rings. The Labute approximate surface area is 126 Å². The maximum atomic E-state index is 13.0. The van der Waals surface area contributed by atoms with E-state index in [2.05, 4.69) is 20.8 Å². The average Bonchev–Trinajstić information content (AvgIpc) is 2.58. The Bertz CT molecular complexity index is 551. The summed E-state index contributed by atoms with van der Waals surface area (Å²) < 4.78 is 0. The number of rotatable bonds is 2. The van der Waals surface area contributed by atoms with Crippen molar-refractivity contribution < 1.29 is 9.59 Å². The van der Waals surface area contributed by atoms with Gasteiger partial charge in [-0.15, -0.1) is 0 Å². The molecular formula is C17H24N2O2. The SMILES string of the molecule is CC1CCCCN(C(=O)c2ccccc2C(N)=O)C1(C)C. The third-order valence-electron chi connectivity index (χ3n) is 4.84. The van der Waals surface area contributed by atoms with Crippen molar-refractivity contribution in [3.05, 3.63) is 35.4 Å². The molecule has 4 heteroatoms. The summed E-state index contributed by atoms with van der Waals surface area (Å²) in [6.45, 7) is 7.12. The van der Waals surface area contributed by atoms with Crippen molar-refractivity contribution in [2.24, 2.45) is 11.7 Å². The van der Waals surface area contributed by atoms with Gasteiger partial charge in [0.2, 0.25) is 5.91 Å². The molecule has 1 aliphatic rings. The van der Waals surface area contributed by atoms with Crippen LogP contribution in [0.2, 0.25) is 0 Å². The van der Waals surface area contributed by atoms with Gasteiger partial charge in [0.1, 0.15) is 0 Å². The minimum Gasteiger partial charge on any atom is -0.366 e. The number of nitrogens with zero attached hydrogens (tertiary/aromatic N) is 1. The van der Waals surface area contributed by atoms with E-state index in [1.807, 2.05) is 4.90 Å². The maximum Gasteiger partial charge on any atom is 0.255 e. The summed E-state index contributed by atoms with van der Waals surface area (Å²) in [7, 11) is 0. The summed E-state index contributed by atoms with van der Waals surface area (Å²) in [6, 6.07) is 6.80. The summed E-state index contributed by atoms with van der Waals surface area (Å²) in [5.41, 5.74) is 5.88. The third-order valence-corrected chi connectivity index (χ3v) is 4.84. The Balaban J connectivity index is 2.41. The molecule has 1 unspecified atom stereocenters. The normalized spacial score (nSPS) is 21.7. The number of carbonyl (C=O) groups excluding carboxylic acids is 2. The molecule has 1 atom stereocenters. The zero-order valence-electron chi connectivity index (χ0n) is 13.1. The smallest absolute Gasteiger partial charge is 0.255 e. The number of benzene rings is 1. The molecule has 1 aromatic carbocycles. The van der Waals surface area contributed by atoms with Crippen LogP contribution in [0.4, 0.5) is 0 Å². The van der Waals surface area contributed by atoms with Gasteiger partial charge in [0.15, 0.2) is 0 Å². The lowest BCUT2D eigenvalue weighted by Crippen LogP contribution is -2.51. The second-order valence-electron chi connectivity index (χ2n) is 6.42. The fourth-order valence-electron chi connectivity index (χ4n) is 3.02. The van der Waals surface area contributed by atoms with E-state index in [4.69, 9.17) is 5.73 Å². The van der Waals surface area contributed by atoms with Crippen LogP contribution in [0.5, 0.6) is 0 Å². The highest BCUT2D eigenvalue weighted by Crippen LogP contribution is 2.33. The molecule has 0 aromatic heterocycles. The number of amides is 2. The van der Waals surface area contributed by atoms with Gasteiger partial charge >= 0.3 is 0 Å². The van der Waals surface area contributed by atoms with E-state index in [0.717, 1.165) is 25.8 Å². The van der Waals surface area contributed by atoms with Gasteiger partial charge < -0.3 is 10.6 Å². The Hall–Kier alpha value is -1.84. The van der Waals surface area contributed by atoms with E-state index in [-0.39, 0.29) is 11.4 Å². The minimum absolute atomic E-state index is 0.0943. The number of likely N-dealkylation sites (tertiary alicyclic amines) is 1. The molecule has 0 spiro atoms. The van der Waals surface area contributed by atoms with Crippen molar-refractivity contribution in [3.63, 3.8) is 0 Å². The van der Waals surface area contributed by atoms with Gasteiger partial charge in [-0.25, -0.2) is 0 Å². The summed E-state index contributed by atoms with van der Waals surface area (Å²) in [5.74, 6) is -0.229. The monoisotopic (exact) mass is 288 g/mol. The van der Waals surface area contributed by atoms with E-state index < -0.39 is 5.91 Å². The van der Waals surface area contributed by atoms with Gasteiger partial charge in [-0.05, 0) is 44.7 Å². The van der Waals surface area contributed by atoms with E-state index >= 15 is 0 Å². The fourth-order valence-corrected chi connectivity index (χ4v) is 3.02. The topological polar surface area (TPSA) is 63.4 Å². The van der Waals surface area contributed by atoms with Gasteiger partial charge in [0.25, 0.3) is 5.91 Å². The van der Waals surface area contributed by atoms with Crippen LogP contribution in [0.3, 0.4) is 0 Å². The zero-order valence-corrected chi connectivity index (χ0v) is 13.1. The number of carbonyl (C=O) groups is 2. The van der Waals surface area contributed by atoms with Crippen molar-refractivity contribution in [3.8, 4) is 0 Å². The van der Waals surface area contributed by atoms with Crippen LogP contribution in [-0.4, -0.2) is 28.8 Å². The highest BCUT2D eigenvalue weighted by atomic mass is 16.2. The van der Waals surface area contributed by atoms with Gasteiger partial charge in [-0.1, -0.05) is 25.5 Å². The molecule has 1 saturated heterocycles. The molecule has 1 heterocycles. The molecular weight excluding hydrogens is 264 g/mol. The Morgan fingerprint density at radius 1 is 1.19 bits per heavy atom. The van der Waals surface area contributed by atoms with Gasteiger partial charge in [0.05, 0.1) is 11.1 Å². The van der Waals surface area contributed by atoms with E-state index in [9.17, 15) is 9.59 Å². The predicted molar refractivity (Wildman–Crippen MR) is 83.1 cm³/mol. The van der Waals surface area contributed by atoms with Crippen LogP contribution in [-0.2, 0) is 0 Å². The first-order valence-corrected chi connectivity index (χ1v) is 7.56. The Kier molecular flexibility index (Phi) is 4.35.